The maximum Gasteiger partial charge on any atom is 0.0537 e. The topological polar surface area (TPSA) is 3.24 Å². The molecule has 23 heavy (non-hydrogen) atoms. The first-order chi connectivity index (χ1) is 11.3. The molecule has 0 saturated heterocycles. The molecule has 0 saturated carbocycles. The van der Waals surface area contributed by atoms with E-state index in [1.807, 2.05) is 0 Å². The van der Waals surface area contributed by atoms with E-state index >= 15 is 0 Å². The van der Waals surface area contributed by atoms with Gasteiger partial charge in [-0.05, 0) is 29.7 Å². The van der Waals surface area contributed by atoms with E-state index < -0.39 is 0 Å². The average Bonchev–Trinajstić information content (AvgIpc) is 2.74. The van der Waals surface area contributed by atoms with Gasteiger partial charge >= 0.3 is 0 Å². The van der Waals surface area contributed by atoms with E-state index in [4.69, 9.17) is 0 Å². The van der Waals surface area contributed by atoms with Crippen LogP contribution in [0, 0.1) is 0 Å². The molecule has 1 heterocycles. The predicted molar refractivity (Wildman–Crippen MR) is 98.9 cm³/mol. The fourth-order valence-corrected chi connectivity index (χ4v) is 3.37. The van der Waals surface area contributed by atoms with E-state index in [0.717, 1.165) is 12.1 Å². The maximum absolute atomic E-state index is 4.33. The highest BCUT2D eigenvalue weighted by atomic mass is 15.2. The first-order valence-corrected chi connectivity index (χ1v) is 8.07. The largest absolute Gasteiger partial charge is 0.314 e. The molecular formula is C22H19N. The van der Waals surface area contributed by atoms with Gasteiger partial charge in [-0.15, -0.1) is 0 Å². The lowest BCUT2D eigenvalue weighted by Gasteiger charge is -2.28. The summed E-state index contributed by atoms with van der Waals surface area (Å²) in [6.45, 7) is 6.48. The highest BCUT2D eigenvalue weighted by molar-refractivity contribution is 6.00. The summed E-state index contributed by atoms with van der Waals surface area (Å²) in [5.41, 5.74) is 8.60. The highest BCUT2D eigenvalue weighted by Gasteiger charge is 2.24. The zero-order valence-electron chi connectivity index (χ0n) is 13.3. The second-order valence-corrected chi connectivity index (χ2v) is 5.84. The van der Waals surface area contributed by atoms with Crippen LogP contribution in [0.25, 0.3) is 22.3 Å². The quantitative estimate of drug-likeness (QED) is 0.529. The summed E-state index contributed by atoms with van der Waals surface area (Å²) in [7, 11) is 0. The Balaban J connectivity index is 2.14. The summed E-state index contributed by atoms with van der Waals surface area (Å²) in [5.74, 6) is 0. The summed E-state index contributed by atoms with van der Waals surface area (Å²) >= 11 is 0. The number of benzene rings is 3. The minimum Gasteiger partial charge on any atom is -0.314 e. The second-order valence-electron chi connectivity index (χ2n) is 5.84. The maximum atomic E-state index is 4.33. The standard InChI is InChI=1S/C22H19N/c1-3-16(2)23-21-14-8-6-12-19(21)17-10-4-5-11-18(17)20-13-7-9-15-22(20)23/h4-15H,2-3H2,1H3. The second kappa shape index (κ2) is 5.44. The van der Waals surface area contributed by atoms with Crippen LogP contribution in [0.3, 0.4) is 0 Å². The average molecular weight is 297 g/mol. The summed E-state index contributed by atoms with van der Waals surface area (Å²) in [4.78, 5) is 2.31. The van der Waals surface area contributed by atoms with Gasteiger partial charge in [-0.3, -0.25) is 0 Å². The number of anilines is 2. The molecule has 0 bridgehead atoms. The fourth-order valence-electron chi connectivity index (χ4n) is 3.37. The molecule has 0 atom stereocenters. The van der Waals surface area contributed by atoms with E-state index in [9.17, 15) is 0 Å². The molecule has 0 aromatic heterocycles. The Kier molecular flexibility index (Phi) is 3.27. The van der Waals surface area contributed by atoms with Crippen LogP contribution in [0.15, 0.2) is 85.1 Å². The SMILES string of the molecule is C=C(CC)N1c2ccccc2-c2ccccc2-c2ccccc21. The Morgan fingerprint density at radius 1 is 0.696 bits per heavy atom. The van der Waals surface area contributed by atoms with Crippen LogP contribution >= 0.6 is 0 Å². The summed E-state index contributed by atoms with van der Waals surface area (Å²) < 4.78 is 0. The van der Waals surface area contributed by atoms with Crippen molar-refractivity contribution in [3.8, 4) is 22.3 Å². The molecule has 112 valence electrons. The molecule has 0 radical (unpaired) electrons. The van der Waals surface area contributed by atoms with Crippen molar-refractivity contribution in [3.63, 3.8) is 0 Å². The molecule has 0 amide bonds. The first kappa shape index (κ1) is 13.8. The van der Waals surface area contributed by atoms with Crippen LogP contribution in [0.2, 0.25) is 0 Å². The molecule has 0 spiro atoms. The molecule has 4 rings (SSSR count). The monoisotopic (exact) mass is 297 g/mol. The third-order valence-electron chi connectivity index (χ3n) is 4.52. The summed E-state index contributed by atoms with van der Waals surface area (Å²) in [6.07, 6.45) is 0.916. The smallest absolute Gasteiger partial charge is 0.0537 e. The minimum atomic E-state index is 0.916. The Bertz CT molecular complexity index is 825. The predicted octanol–water partition coefficient (Wildman–Crippen LogP) is 6.40. The van der Waals surface area contributed by atoms with Crippen molar-refractivity contribution in [2.24, 2.45) is 0 Å². The van der Waals surface area contributed by atoms with Crippen molar-refractivity contribution in [1.82, 2.24) is 0 Å². The van der Waals surface area contributed by atoms with Crippen molar-refractivity contribution in [2.75, 3.05) is 4.90 Å². The lowest BCUT2D eigenvalue weighted by Crippen LogP contribution is -2.15. The zero-order chi connectivity index (χ0) is 15.8. The fraction of sp³-hybridized carbons (Fsp3) is 0.0909. The molecule has 3 aromatic carbocycles. The van der Waals surface area contributed by atoms with Gasteiger partial charge in [0.1, 0.15) is 0 Å². The third kappa shape index (κ3) is 2.08. The normalized spacial score (nSPS) is 12.0. The molecule has 1 aliphatic rings. The lowest BCUT2D eigenvalue weighted by atomic mass is 9.95. The van der Waals surface area contributed by atoms with Gasteiger partial charge in [0.05, 0.1) is 11.4 Å². The van der Waals surface area contributed by atoms with Crippen molar-refractivity contribution in [2.45, 2.75) is 13.3 Å². The van der Waals surface area contributed by atoms with Gasteiger partial charge in [-0.2, -0.15) is 0 Å². The molecule has 1 aliphatic heterocycles. The molecule has 0 fully saturated rings. The van der Waals surface area contributed by atoms with E-state index in [-0.39, 0.29) is 0 Å². The van der Waals surface area contributed by atoms with Gasteiger partial charge in [0, 0.05) is 16.8 Å². The van der Waals surface area contributed by atoms with Gasteiger partial charge in [-0.25, -0.2) is 0 Å². The Labute approximate surface area is 137 Å². The minimum absolute atomic E-state index is 0.916. The van der Waals surface area contributed by atoms with Crippen molar-refractivity contribution in [3.05, 3.63) is 85.1 Å². The van der Waals surface area contributed by atoms with Gasteiger partial charge in [0.2, 0.25) is 0 Å². The Morgan fingerprint density at radius 3 is 1.52 bits per heavy atom. The molecule has 1 nitrogen and oxygen atoms in total. The number of nitrogens with zero attached hydrogens (tertiary/aromatic N) is 1. The molecule has 1 heteroatoms. The number of para-hydroxylation sites is 2. The number of hydrogen-bond acceptors (Lipinski definition) is 1. The first-order valence-electron chi connectivity index (χ1n) is 8.07. The molecular weight excluding hydrogens is 278 g/mol. The lowest BCUT2D eigenvalue weighted by molar-refractivity contribution is 1.03. The van der Waals surface area contributed by atoms with Crippen LogP contribution in [0.5, 0.6) is 0 Å². The van der Waals surface area contributed by atoms with E-state index in [2.05, 4.69) is 91.2 Å². The summed E-state index contributed by atoms with van der Waals surface area (Å²) in [5, 5.41) is 0. The molecule has 0 N–H and O–H groups in total. The van der Waals surface area contributed by atoms with Crippen LogP contribution < -0.4 is 4.90 Å². The molecule has 0 unspecified atom stereocenters. The van der Waals surface area contributed by atoms with E-state index in [1.165, 1.54) is 33.6 Å². The molecule has 3 aromatic rings. The van der Waals surface area contributed by atoms with Crippen LogP contribution in [0.1, 0.15) is 13.3 Å². The molecule has 0 aliphatic carbocycles. The van der Waals surface area contributed by atoms with Gasteiger partial charge in [0.25, 0.3) is 0 Å². The van der Waals surface area contributed by atoms with Gasteiger partial charge in [-0.1, -0.05) is 74.2 Å². The van der Waals surface area contributed by atoms with Crippen LogP contribution in [0.4, 0.5) is 11.4 Å². The summed E-state index contributed by atoms with van der Waals surface area (Å²) in [6, 6.07) is 25.9. The van der Waals surface area contributed by atoms with Crippen molar-refractivity contribution < 1.29 is 0 Å². The third-order valence-corrected chi connectivity index (χ3v) is 4.52. The number of allylic oxidation sites excluding steroid dienone is 1. The number of rotatable bonds is 2. The Hall–Kier alpha value is -2.80. The van der Waals surface area contributed by atoms with Crippen molar-refractivity contribution >= 4 is 11.4 Å². The van der Waals surface area contributed by atoms with E-state index in [0.29, 0.717) is 0 Å². The van der Waals surface area contributed by atoms with Gasteiger partial charge in [0.15, 0.2) is 0 Å². The highest BCUT2D eigenvalue weighted by Crippen LogP contribution is 2.48. The van der Waals surface area contributed by atoms with Gasteiger partial charge < -0.3 is 4.90 Å². The van der Waals surface area contributed by atoms with Crippen LogP contribution in [-0.2, 0) is 0 Å². The van der Waals surface area contributed by atoms with E-state index in [1.54, 1.807) is 0 Å². The van der Waals surface area contributed by atoms with Crippen LogP contribution in [-0.4, -0.2) is 0 Å². The number of hydrogen-bond donors (Lipinski definition) is 0. The van der Waals surface area contributed by atoms with Crippen molar-refractivity contribution in [1.29, 1.82) is 0 Å². The zero-order valence-corrected chi connectivity index (χ0v) is 13.3. The number of fused-ring (bicyclic) bond motifs is 5. The Morgan fingerprint density at radius 2 is 1.09 bits per heavy atom.